The van der Waals surface area contributed by atoms with Crippen molar-refractivity contribution >= 4 is 15.9 Å². The average molecular weight is 314 g/mol. The zero-order valence-corrected chi connectivity index (χ0v) is 13.2. The van der Waals surface area contributed by atoms with Gasteiger partial charge < -0.3 is 10.1 Å². The van der Waals surface area contributed by atoms with Crippen LogP contribution >= 0.6 is 15.9 Å². The fraction of sp³-hybridized carbons (Fsp3) is 0.600. The van der Waals surface area contributed by atoms with Crippen molar-refractivity contribution in [2.24, 2.45) is 0 Å². The van der Waals surface area contributed by atoms with Gasteiger partial charge in [0.1, 0.15) is 0 Å². The van der Waals surface area contributed by atoms with Crippen molar-refractivity contribution in [3.63, 3.8) is 0 Å². The summed E-state index contributed by atoms with van der Waals surface area (Å²) >= 11 is 3.55. The molecule has 1 aromatic carbocycles. The van der Waals surface area contributed by atoms with E-state index >= 15 is 0 Å². The summed E-state index contributed by atoms with van der Waals surface area (Å²) in [7, 11) is 0. The van der Waals surface area contributed by atoms with E-state index in [9.17, 15) is 0 Å². The minimum atomic E-state index is 0.286. The summed E-state index contributed by atoms with van der Waals surface area (Å²) in [5.41, 5.74) is 2.64. The van der Waals surface area contributed by atoms with Crippen molar-refractivity contribution in [2.75, 3.05) is 19.8 Å². The largest absolute Gasteiger partial charge is 0.379 e. The van der Waals surface area contributed by atoms with E-state index in [0.29, 0.717) is 0 Å². The van der Waals surface area contributed by atoms with E-state index in [-0.39, 0.29) is 6.04 Å². The molecule has 0 saturated carbocycles. The van der Waals surface area contributed by atoms with Gasteiger partial charge in [0.05, 0.1) is 12.6 Å². The highest BCUT2D eigenvalue weighted by molar-refractivity contribution is 9.10. The molecule has 1 rings (SSSR count). The van der Waals surface area contributed by atoms with Crippen LogP contribution in [-0.4, -0.2) is 19.8 Å². The van der Waals surface area contributed by atoms with Gasteiger partial charge >= 0.3 is 0 Å². The van der Waals surface area contributed by atoms with E-state index in [0.717, 1.165) is 37.1 Å². The molecule has 18 heavy (non-hydrogen) atoms. The summed E-state index contributed by atoms with van der Waals surface area (Å²) < 4.78 is 6.84. The topological polar surface area (TPSA) is 21.3 Å². The van der Waals surface area contributed by atoms with Gasteiger partial charge in [-0.3, -0.25) is 0 Å². The molecule has 1 N–H and O–H groups in total. The molecular weight excluding hydrogens is 290 g/mol. The third-order valence-corrected chi connectivity index (χ3v) is 3.38. The summed E-state index contributed by atoms with van der Waals surface area (Å²) in [6.07, 6.45) is 2.20. The summed E-state index contributed by atoms with van der Waals surface area (Å²) in [5.74, 6) is 0. The lowest BCUT2D eigenvalue weighted by molar-refractivity contribution is 0.112. The third-order valence-electron chi connectivity index (χ3n) is 2.89. The Labute approximate surface area is 119 Å². The summed E-state index contributed by atoms with van der Waals surface area (Å²) in [5, 5.41) is 3.57. The fourth-order valence-electron chi connectivity index (χ4n) is 1.91. The molecule has 2 nitrogen and oxygen atoms in total. The predicted molar refractivity (Wildman–Crippen MR) is 81.0 cm³/mol. The Morgan fingerprint density at radius 2 is 2.06 bits per heavy atom. The zero-order chi connectivity index (χ0) is 13.4. The standard InChI is InChI=1S/C15H24BrNO/c1-4-8-17-15(11-18-9-5-2)14-10-13(16)7-6-12(14)3/h6-7,10,15,17H,4-5,8-9,11H2,1-3H3. The van der Waals surface area contributed by atoms with E-state index in [1.54, 1.807) is 0 Å². The fourth-order valence-corrected chi connectivity index (χ4v) is 2.29. The van der Waals surface area contributed by atoms with Crippen LogP contribution in [0.4, 0.5) is 0 Å². The highest BCUT2D eigenvalue weighted by Gasteiger charge is 2.13. The van der Waals surface area contributed by atoms with Gasteiger partial charge in [-0.2, -0.15) is 0 Å². The Morgan fingerprint density at radius 1 is 1.28 bits per heavy atom. The summed E-state index contributed by atoms with van der Waals surface area (Å²) in [4.78, 5) is 0. The van der Waals surface area contributed by atoms with Crippen molar-refractivity contribution in [2.45, 2.75) is 39.7 Å². The van der Waals surface area contributed by atoms with Crippen LogP contribution in [0.3, 0.4) is 0 Å². The van der Waals surface area contributed by atoms with E-state index in [1.807, 2.05) is 0 Å². The average Bonchev–Trinajstić information content (AvgIpc) is 2.37. The molecule has 3 heteroatoms. The highest BCUT2D eigenvalue weighted by Crippen LogP contribution is 2.22. The van der Waals surface area contributed by atoms with Crippen molar-refractivity contribution in [1.82, 2.24) is 5.32 Å². The van der Waals surface area contributed by atoms with Crippen molar-refractivity contribution < 1.29 is 4.74 Å². The summed E-state index contributed by atoms with van der Waals surface area (Å²) in [6, 6.07) is 6.72. The quantitative estimate of drug-likeness (QED) is 0.725. The van der Waals surface area contributed by atoms with Gasteiger partial charge in [-0.25, -0.2) is 0 Å². The number of hydrogen-bond donors (Lipinski definition) is 1. The van der Waals surface area contributed by atoms with Gasteiger partial charge in [-0.1, -0.05) is 35.8 Å². The maximum absolute atomic E-state index is 5.71. The van der Waals surface area contributed by atoms with Crippen molar-refractivity contribution in [3.05, 3.63) is 33.8 Å². The number of ether oxygens (including phenoxy) is 1. The van der Waals surface area contributed by atoms with E-state index in [4.69, 9.17) is 4.74 Å². The molecule has 0 saturated heterocycles. The monoisotopic (exact) mass is 313 g/mol. The lowest BCUT2D eigenvalue weighted by Crippen LogP contribution is -2.27. The Hall–Kier alpha value is -0.380. The van der Waals surface area contributed by atoms with Crippen LogP contribution in [0.2, 0.25) is 0 Å². The first-order valence-corrected chi connectivity index (χ1v) is 7.55. The van der Waals surface area contributed by atoms with Crippen LogP contribution in [0.1, 0.15) is 43.9 Å². The SMILES string of the molecule is CCCNC(COCCC)c1cc(Br)ccc1C. The number of nitrogens with one attached hydrogen (secondary N) is 1. The second-order valence-corrected chi connectivity index (χ2v) is 5.50. The first-order chi connectivity index (χ1) is 8.69. The number of rotatable bonds is 8. The van der Waals surface area contributed by atoms with Crippen molar-refractivity contribution in [1.29, 1.82) is 0 Å². The van der Waals surface area contributed by atoms with Gasteiger partial charge in [0.15, 0.2) is 0 Å². The molecule has 1 unspecified atom stereocenters. The van der Waals surface area contributed by atoms with E-state index in [2.05, 4.69) is 60.2 Å². The smallest absolute Gasteiger partial charge is 0.0661 e. The van der Waals surface area contributed by atoms with Gasteiger partial charge in [0.25, 0.3) is 0 Å². The van der Waals surface area contributed by atoms with Crippen LogP contribution in [0.25, 0.3) is 0 Å². The normalized spacial score (nSPS) is 12.7. The second-order valence-electron chi connectivity index (χ2n) is 4.58. The molecule has 0 spiro atoms. The van der Waals surface area contributed by atoms with Crippen LogP contribution < -0.4 is 5.32 Å². The Balaban J connectivity index is 2.75. The molecule has 1 atom stereocenters. The van der Waals surface area contributed by atoms with Crippen LogP contribution in [0, 0.1) is 6.92 Å². The zero-order valence-electron chi connectivity index (χ0n) is 11.6. The molecule has 0 amide bonds. The molecule has 0 aliphatic heterocycles. The van der Waals surface area contributed by atoms with Gasteiger partial charge in [-0.05, 0) is 49.6 Å². The lowest BCUT2D eigenvalue weighted by atomic mass is 10.0. The molecule has 0 bridgehead atoms. The summed E-state index contributed by atoms with van der Waals surface area (Å²) in [6.45, 7) is 9.07. The van der Waals surface area contributed by atoms with Crippen LogP contribution in [0.15, 0.2) is 22.7 Å². The molecule has 1 aromatic rings. The van der Waals surface area contributed by atoms with E-state index < -0.39 is 0 Å². The highest BCUT2D eigenvalue weighted by atomic mass is 79.9. The van der Waals surface area contributed by atoms with Crippen molar-refractivity contribution in [3.8, 4) is 0 Å². The van der Waals surface area contributed by atoms with Gasteiger partial charge in [0, 0.05) is 11.1 Å². The second kappa shape index (κ2) is 8.68. The first-order valence-electron chi connectivity index (χ1n) is 6.76. The van der Waals surface area contributed by atoms with Gasteiger partial charge in [0.2, 0.25) is 0 Å². The first kappa shape index (κ1) is 15.7. The minimum Gasteiger partial charge on any atom is -0.379 e. The number of halogens is 1. The molecule has 0 aliphatic rings. The number of benzene rings is 1. The number of aryl methyl sites for hydroxylation is 1. The minimum absolute atomic E-state index is 0.286. The molecule has 102 valence electrons. The lowest BCUT2D eigenvalue weighted by Gasteiger charge is -2.21. The molecule has 0 fully saturated rings. The van der Waals surface area contributed by atoms with Gasteiger partial charge in [-0.15, -0.1) is 0 Å². The third kappa shape index (κ3) is 5.09. The molecular formula is C15H24BrNO. The molecule has 0 aromatic heterocycles. The molecule has 0 heterocycles. The Bertz CT molecular complexity index is 354. The maximum Gasteiger partial charge on any atom is 0.0661 e. The van der Waals surface area contributed by atoms with E-state index in [1.165, 1.54) is 11.1 Å². The maximum atomic E-state index is 5.71. The molecule has 0 radical (unpaired) electrons. The van der Waals surface area contributed by atoms with Crippen LogP contribution in [-0.2, 0) is 4.74 Å². The Morgan fingerprint density at radius 3 is 2.72 bits per heavy atom. The Kier molecular flexibility index (Phi) is 7.56. The van der Waals surface area contributed by atoms with Crippen LogP contribution in [0.5, 0.6) is 0 Å². The predicted octanol–water partition coefficient (Wildman–Crippen LogP) is 4.22. The molecule has 0 aliphatic carbocycles. The number of hydrogen-bond acceptors (Lipinski definition) is 2.